The van der Waals surface area contributed by atoms with Crippen molar-refractivity contribution in [1.82, 2.24) is 0 Å². The van der Waals surface area contributed by atoms with Crippen LogP contribution in [0.3, 0.4) is 0 Å². The first-order valence-electron chi connectivity index (χ1n) is 7.14. The van der Waals surface area contributed by atoms with Gasteiger partial charge in [0.25, 0.3) is 0 Å². The molecule has 0 aliphatic carbocycles. The second kappa shape index (κ2) is 6.44. The number of nitrogens with one attached hydrogen (secondary N) is 1. The molecule has 2 N–H and O–H groups in total. The molecule has 0 radical (unpaired) electrons. The standard InChI is InChI=1S/C18H21NO2/c1-12(2)15-7-5-14(6-8-15)11-19-17-9-4-13(3)10-16(17)18(20)21/h4-10,12,19H,11H2,1-3H3,(H,20,21). The summed E-state index contributed by atoms with van der Waals surface area (Å²) in [6, 6.07) is 13.8. The molecule has 0 heterocycles. The molecule has 2 aromatic carbocycles. The molecule has 0 bridgehead atoms. The Kier molecular flexibility index (Phi) is 4.63. The van der Waals surface area contributed by atoms with Crippen molar-refractivity contribution in [2.75, 3.05) is 5.32 Å². The normalized spacial score (nSPS) is 10.7. The molecule has 0 saturated heterocycles. The van der Waals surface area contributed by atoms with Gasteiger partial charge in [-0.2, -0.15) is 0 Å². The van der Waals surface area contributed by atoms with Crippen molar-refractivity contribution in [2.24, 2.45) is 0 Å². The maximum Gasteiger partial charge on any atom is 0.337 e. The lowest BCUT2D eigenvalue weighted by atomic mass is 10.0. The van der Waals surface area contributed by atoms with Crippen LogP contribution in [-0.2, 0) is 6.54 Å². The molecule has 2 aromatic rings. The summed E-state index contributed by atoms with van der Waals surface area (Å²) in [5.41, 5.74) is 4.35. The molecule has 3 heteroatoms. The minimum absolute atomic E-state index is 0.314. The lowest BCUT2D eigenvalue weighted by molar-refractivity contribution is 0.0698. The largest absolute Gasteiger partial charge is 0.478 e. The Morgan fingerprint density at radius 3 is 2.38 bits per heavy atom. The van der Waals surface area contributed by atoms with Crippen LogP contribution in [0, 0.1) is 6.92 Å². The third-order valence-corrected chi connectivity index (χ3v) is 3.53. The summed E-state index contributed by atoms with van der Waals surface area (Å²) in [6.07, 6.45) is 0. The SMILES string of the molecule is Cc1ccc(NCc2ccc(C(C)C)cc2)c(C(=O)O)c1. The van der Waals surface area contributed by atoms with E-state index in [1.165, 1.54) is 5.56 Å². The zero-order valence-electron chi connectivity index (χ0n) is 12.7. The fourth-order valence-electron chi connectivity index (χ4n) is 2.21. The fraction of sp³-hybridized carbons (Fsp3) is 0.278. The van der Waals surface area contributed by atoms with Crippen molar-refractivity contribution in [3.8, 4) is 0 Å². The van der Waals surface area contributed by atoms with Gasteiger partial charge in [0.15, 0.2) is 0 Å². The molecule has 0 amide bonds. The lowest BCUT2D eigenvalue weighted by Gasteiger charge is -2.11. The number of rotatable bonds is 5. The fourth-order valence-corrected chi connectivity index (χ4v) is 2.21. The summed E-state index contributed by atoms with van der Waals surface area (Å²) in [5, 5.41) is 12.5. The van der Waals surface area contributed by atoms with Crippen molar-refractivity contribution < 1.29 is 9.90 Å². The highest BCUT2D eigenvalue weighted by molar-refractivity contribution is 5.94. The van der Waals surface area contributed by atoms with Crippen molar-refractivity contribution in [1.29, 1.82) is 0 Å². The molecule has 0 spiro atoms. The minimum Gasteiger partial charge on any atom is -0.478 e. The topological polar surface area (TPSA) is 49.3 Å². The van der Waals surface area contributed by atoms with Gasteiger partial charge in [0.05, 0.1) is 5.56 Å². The van der Waals surface area contributed by atoms with Gasteiger partial charge in [-0.05, 0) is 36.1 Å². The summed E-state index contributed by atoms with van der Waals surface area (Å²) in [6.45, 7) is 6.83. The quantitative estimate of drug-likeness (QED) is 0.853. The monoisotopic (exact) mass is 283 g/mol. The van der Waals surface area contributed by atoms with Crippen LogP contribution in [0.5, 0.6) is 0 Å². The van der Waals surface area contributed by atoms with E-state index in [0.717, 1.165) is 11.1 Å². The summed E-state index contributed by atoms with van der Waals surface area (Å²) in [4.78, 5) is 11.3. The summed E-state index contributed by atoms with van der Waals surface area (Å²) >= 11 is 0. The van der Waals surface area contributed by atoms with Crippen molar-refractivity contribution in [3.05, 3.63) is 64.7 Å². The molecule has 2 rings (SSSR count). The molecule has 0 aliphatic heterocycles. The van der Waals surface area contributed by atoms with Gasteiger partial charge >= 0.3 is 5.97 Å². The lowest BCUT2D eigenvalue weighted by Crippen LogP contribution is -2.06. The molecule has 0 saturated carbocycles. The number of carbonyl (C=O) groups is 1. The smallest absolute Gasteiger partial charge is 0.337 e. The van der Waals surface area contributed by atoms with Crippen LogP contribution in [0.1, 0.15) is 46.8 Å². The second-order valence-electron chi connectivity index (χ2n) is 5.60. The highest BCUT2D eigenvalue weighted by atomic mass is 16.4. The van der Waals surface area contributed by atoms with Crippen LogP contribution < -0.4 is 5.32 Å². The highest BCUT2D eigenvalue weighted by Crippen LogP contribution is 2.19. The van der Waals surface area contributed by atoms with E-state index in [2.05, 4.69) is 43.4 Å². The van der Waals surface area contributed by atoms with Gasteiger partial charge in [-0.25, -0.2) is 4.79 Å². The van der Waals surface area contributed by atoms with E-state index in [0.29, 0.717) is 23.7 Å². The number of hydrogen-bond donors (Lipinski definition) is 2. The average molecular weight is 283 g/mol. The van der Waals surface area contributed by atoms with Crippen LogP contribution in [0.15, 0.2) is 42.5 Å². The number of carboxylic acids is 1. The van der Waals surface area contributed by atoms with Gasteiger partial charge in [0, 0.05) is 12.2 Å². The van der Waals surface area contributed by atoms with E-state index >= 15 is 0 Å². The van der Waals surface area contributed by atoms with Crippen LogP contribution in [-0.4, -0.2) is 11.1 Å². The van der Waals surface area contributed by atoms with Gasteiger partial charge < -0.3 is 10.4 Å². The van der Waals surface area contributed by atoms with Crippen LogP contribution in [0.2, 0.25) is 0 Å². The van der Waals surface area contributed by atoms with Crippen molar-refractivity contribution >= 4 is 11.7 Å². The van der Waals surface area contributed by atoms with E-state index in [-0.39, 0.29) is 0 Å². The molecular weight excluding hydrogens is 262 g/mol. The summed E-state index contributed by atoms with van der Waals surface area (Å²) < 4.78 is 0. The van der Waals surface area contributed by atoms with E-state index in [1.54, 1.807) is 6.07 Å². The van der Waals surface area contributed by atoms with Gasteiger partial charge in [-0.15, -0.1) is 0 Å². The number of aryl methyl sites for hydroxylation is 1. The van der Waals surface area contributed by atoms with Crippen LogP contribution >= 0.6 is 0 Å². The number of anilines is 1. The summed E-state index contributed by atoms with van der Waals surface area (Å²) in [5.74, 6) is -0.390. The van der Waals surface area contributed by atoms with Crippen molar-refractivity contribution in [2.45, 2.75) is 33.2 Å². The third kappa shape index (κ3) is 3.85. The maximum absolute atomic E-state index is 11.3. The summed E-state index contributed by atoms with van der Waals surface area (Å²) in [7, 11) is 0. The Balaban J connectivity index is 2.11. The van der Waals surface area contributed by atoms with Crippen LogP contribution in [0.4, 0.5) is 5.69 Å². The van der Waals surface area contributed by atoms with E-state index < -0.39 is 5.97 Å². The van der Waals surface area contributed by atoms with E-state index in [4.69, 9.17) is 0 Å². The predicted molar refractivity (Wildman–Crippen MR) is 86.0 cm³/mol. The molecular formula is C18H21NO2. The maximum atomic E-state index is 11.3. The minimum atomic E-state index is -0.906. The zero-order valence-corrected chi connectivity index (χ0v) is 12.7. The van der Waals surface area contributed by atoms with Crippen molar-refractivity contribution in [3.63, 3.8) is 0 Å². The zero-order chi connectivity index (χ0) is 15.4. The number of benzene rings is 2. The second-order valence-corrected chi connectivity index (χ2v) is 5.60. The Morgan fingerprint density at radius 1 is 1.14 bits per heavy atom. The molecule has 0 unspecified atom stereocenters. The van der Waals surface area contributed by atoms with E-state index in [1.807, 2.05) is 19.1 Å². The highest BCUT2D eigenvalue weighted by Gasteiger charge is 2.09. The molecule has 0 fully saturated rings. The van der Waals surface area contributed by atoms with Gasteiger partial charge in [-0.1, -0.05) is 49.7 Å². The van der Waals surface area contributed by atoms with Gasteiger partial charge in [0.2, 0.25) is 0 Å². The molecule has 21 heavy (non-hydrogen) atoms. The Labute approximate surface area is 125 Å². The first-order valence-corrected chi connectivity index (χ1v) is 7.14. The van der Waals surface area contributed by atoms with E-state index in [9.17, 15) is 9.90 Å². The first-order chi connectivity index (χ1) is 9.97. The third-order valence-electron chi connectivity index (χ3n) is 3.53. The molecule has 0 aliphatic rings. The molecule has 0 aromatic heterocycles. The Hall–Kier alpha value is -2.29. The van der Waals surface area contributed by atoms with Crippen LogP contribution in [0.25, 0.3) is 0 Å². The van der Waals surface area contributed by atoms with Gasteiger partial charge in [0.1, 0.15) is 0 Å². The van der Waals surface area contributed by atoms with Gasteiger partial charge in [-0.3, -0.25) is 0 Å². The average Bonchev–Trinajstić information content (AvgIpc) is 2.46. The number of aromatic carboxylic acids is 1. The predicted octanol–water partition coefficient (Wildman–Crippen LogP) is 4.43. The molecule has 3 nitrogen and oxygen atoms in total. The molecule has 0 atom stereocenters. The number of carboxylic acid groups (broad SMARTS) is 1. The molecule has 110 valence electrons. The Morgan fingerprint density at radius 2 is 1.81 bits per heavy atom. The number of hydrogen-bond acceptors (Lipinski definition) is 2. The Bertz CT molecular complexity index is 630. The first kappa shape index (κ1) is 15.1.